The summed E-state index contributed by atoms with van der Waals surface area (Å²) in [7, 11) is 0. The van der Waals surface area contributed by atoms with Crippen LogP contribution in [0.4, 0.5) is 4.39 Å². The number of ether oxygens (including phenoxy) is 2. The summed E-state index contributed by atoms with van der Waals surface area (Å²) in [6.45, 7) is 0.166. The summed E-state index contributed by atoms with van der Waals surface area (Å²) in [6.07, 6.45) is -0.0736. The molecule has 0 spiro atoms. The van der Waals surface area contributed by atoms with E-state index in [-0.39, 0.29) is 18.8 Å². The molecule has 4 aromatic rings. The first-order chi connectivity index (χ1) is 16.6. The number of carboxylic acids is 1. The molecular weight excluding hydrogens is 431 g/mol. The van der Waals surface area contributed by atoms with Gasteiger partial charge in [-0.15, -0.1) is 0 Å². The Morgan fingerprint density at radius 3 is 2.21 bits per heavy atom. The molecular formula is C29H21FO4. The summed E-state index contributed by atoms with van der Waals surface area (Å²) < 4.78 is 24.8. The molecule has 0 aliphatic carbocycles. The van der Waals surface area contributed by atoms with E-state index in [0.717, 1.165) is 16.7 Å². The van der Waals surface area contributed by atoms with Crippen molar-refractivity contribution >= 4 is 5.97 Å². The Kier molecular flexibility index (Phi) is 7.22. The van der Waals surface area contributed by atoms with Gasteiger partial charge in [-0.2, -0.15) is 0 Å². The molecule has 0 bridgehead atoms. The first-order valence-electron chi connectivity index (χ1n) is 10.6. The molecule has 0 aliphatic rings. The van der Waals surface area contributed by atoms with E-state index in [4.69, 9.17) is 14.6 Å². The lowest BCUT2D eigenvalue weighted by Gasteiger charge is -2.11. The van der Waals surface area contributed by atoms with Crippen LogP contribution >= 0.6 is 0 Å². The highest BCUT2D eigenvalue weighted by Gasteiger charge is 2.07. The third-order valence-electron chi connectivity index (χ3n) is 4.93. The van der Waals surface area contributed by atoms with E-state index >= 15 is 0 Å². The van der Waals surface area contributed by atoms with Gasteiger partial charge in [0.15, 0.2) is 11.5 Å². The summed E-state index contributed by atoms with van der Waals surface area (Å²) in [6, 6.07) is 28.3. The standard InChI is InChI=1S/C29H21FO4/c30-25-16-14-24(15-17-25)23-12-10-21(11-13-23)6-4-18-33-27-8-1-2-9-28(27)34-26-7-3-5-22(19-26)20-29(31)32/h1-3,5,7-17,19H,18,20H2,(H,31,32). The van der Waals surface area contributed by atoms with Crippen LogP contribution in [0, 0.1) is 17.7 Å². The van der Waals surface area contributed by atoms with E-state index in [1.165, 1.54) is 12.1 Å². The molecule has 5 heteroatoms. The molecule has 0 aromatic heterocycles. The van der Waals surface area contributed by atoms with Crippen molar-refractivity contribution in [2.75, 3.05) is 6.61 Å². The van der Waals surface area contributed by atoms with Crippen molar-refractivity contribution in [1.82, 2.24) is 0 Å². The number of carboxylic acid groups (broad SMARTS) is 1. The lowest BCUT2D eigenvalue weighted by Crippen LogP contribution is -2.00. The number of para-hydroxylation sites is 2. The second kappa shape index (κ2) is 10.8. The maximum absolute atomic E-state index is 13.1. The van der Waals surface area contributed by atoms with Crippen LogP contribution in [-0.4, -0.2) is 17.7 Å². The minimum atomic E-state index is -0.899. The number of rotatable bonds is 7. The summed E-state index contributed by atoms with van der Waals surface area (Å²) in [5.74, 6) is 6.48. The first kappa shape index (κ1) is 22.6. The van der Waals surface area contributed by atoms with E-state index < -0.39 is 5.97 Å². The van der Waals surface area contributed by atoms with E-state index in [2.05, 4.69) is 11.8 Å². The molecule has 4 aromatic carbocycles. The van der Waals surface area contributed by atoms with Crippen molar-refractivity contribution in [2.24, 2.45) is 0 Å². The second-order valence-corrected chi connectivity index (χ2v) is 7.44. The van der Waals surface area contributed by atoms with Crippen LogP contribution < -0.4 is 9.47 Å². The number of hydrogen-bond acceptors (Lipinski definition) is 3. The van der Waals surface area contributed by atoms with E-state index in [9.17, 15) is 9.18 Å². The van der Waals surface area contributed by atoms with Gasteiger partial charge >= 0.3 is 5.97 Å². The zero-order valence-corrected chi connectivity index (χ0v) is 18.2. The molecule has 0 aliphatic heterocycles. The van der Waals surface area contributed by atoms with Crippen molar-refractivity contribution < 1.29 is 23.8 Å². The molecule has 0 heterocycles. The van der Waals surface area contributed by atoms with Crippen LogP contribution in [0.1, 0.15) is 11.1 Å². The molecule has 168 valence electrons. The van der Waals surface area contributed by atoms with Gasteiger partial charge < -0.3 is 14.6 Å². The van der Waals surface area contributed by atoms with Crippen LogP contribution in [0.2, 0.25) is 0 Å². The smallest absolute Gasteiger partial charge is 0.307 e. The predicted octanol–water partition coefficient (Wildman–Crippen LogP) is 6.34. The highest BCUT2D eigenvalue weighted by atomic mass is 19.1. The Morgan fingerprint density at radius 2 is 1.50 bits per heavy atom. The number of benzene rings is 4. The lowest BCUT2D eigenvalue weighted by molar-refractivity contribution is -0.136. The molecule has 0 saturated heterocycles. The SMILES string of the molecule is O=C(O)Cc1cccc(Oc2ccccc2OCC#Cc2ccc(-c3ccc(F)cc3)cc2)c1. The highest BCUT2D eigenvalue weighted by Crippen LogP contribution is 2.31. The number of aliphatic carboxylic acids is 1. The van der Waals surface area contributed by atoms with Crippen molar-refractivity contribution in [3.05, 3.63) is 114 Å². The fraction of sp³-hybridized carbons (Fsp3) is 0.0690. The molecule has 0 radical (unpaired) electrons. The van der Waals surface area contributed by atoms with Gasteiger partial charge in [0, 0.05) is 5.56 Å². The number of carbonyl (C=O) groups is 1. The largest absolute Gasteiger partial charge is 0.481 e. The van der Waals surface area contributed by atoms with Crippen molar-refractivity contribution in [2.45, 2.75) is 6.42 Å². The number of hydrogen-bond donors (Lipinski definition) is 1. The van der Waals surface area contributed by atoms with Crippen LogP contribution in [-0.2, 0) is 11.2 Å². The molecule has 34 heavy (non-hydrogen) atoms. The minimum absolute atomic E-state index is 0.0736. The van der Waals surface area contributed by atoms with Crippen molar-refractivity contribution in [3.8, 4) is 40.2 Å². The molecule has 4 rings (SSSR count). The Labute approximate surface area is 197 Å². The molecule has 0 saturated carbocycles. The fourth-order valence-electron chi connectivity index (χ4n) is 3.31. The highest BCUT2D eigenvalue weighted by molar-refractivity contribution is 5.70. The van der Waals surface area contributed by atoms with Gasteiger partial charge in [-0.25, -0.2) is 4.39 Å². The maximum atomic E-state index is 13.1. The number of halogens is 1. The average molecular weight is 452 g/mol. The second-order valence-electron chi connectivity index (χ2n) is 7.44. The Balaban J connectivity index is 1.38. The quantitative estimate of drug-likeness (QED) is 0.332. The van der Waals surface area contributed by atoms with Gasteiger partial charge in [0.1, 0.15) is 18.2 Å². The lowest BCUT2D eigenvalue weighted by atomic mass is 10.0. The molecule has 0 fully saturated rings. The van der Waals surface area contributed by atoms with Crippen LogP contribution in [0.15, 0.2) is 97.1 Å². The summed E-state index contributed by atoms with van der Waals surface area (Å²) >= 11 is 0. The van der Waals surface area contributed by atoms with Gasteiger partial charge in [-0.3, -0.25) is 4.79 Å². The zero-order chi connectivity index (χ0) is 23.8. The molecule has 0 amide bonds. The van der Waals surface area contributed by atoms with Gasteiger partial charge in [0.2, 0.25) is 0 Å². The first-order valence-corrected chi connectivity index (χ1v) is 10.6. The predicted molar refractivity (Wildman–Crippen MR) is 129 cm³/mol. The third kappa shape index (κ3) is 6.24. The molecule has 0 unspecified atom stereocenters. The Hall–Kier alpha value is -4.56. The van der Waals surface area contributed by atoms with Crippen molar-refractivity contribution in [3.63, 3.8) is 0 Å². The van der Waals surface area contributed by atoms with Crippen LogP contribution in [0.25, 0.3) is 11.1 Å². The molecule has 1 N–H and O–H groups in total. The summed E-state index contributed by atoms with van der Waals surface area (Å²) in [5, 5.41) is 8.98. The Morgan fingerprint density at radius 1 is 0.824 bits per heavy atom. The summed E-state index contributed by atoms with van der Waals surface area (Å²) in [5.41, 5.74) is 3.42. The van der Waals surface area contributed by atoms with E-state index in [1.807, 2.05) is 36.4 Å². The summed E-state index contributed by atoms with van der Waals surface area (Å²) in [4.78, 5) is 10.9. The minimum Gasteiger partial charge on any atom is -0.481 e. The fourth-order valence-corrected chi connectivity index (χ4v) is 3.31. The van der Waals surface area contributed by atoms with Gasteiger partial charge in [-0.1, -0.05) is 60.4 Å². The molecule has 0 atom stereocenters. The van der Waals surface area contributed by atoms with Crippen molar-refractivity contribution in [1.29, 1.82) is 0 Å². The zero-order valence-electron chi connectivity index (χ0n) is 18.2. The third-order valence-corrected chi connectivity index (χ3v) is 4.93. The monoisotopic (exact) mass is 452 g/mol. The topological polar surface area (TPSA) is 55.8 Å². The van der Waals surface area contributed by atoms with Gasteiger partial charge in [0.25, 0.3) is 0 Å². The van der Waals surface area contributed by atoms with Crippen LogP contribution in [0.3, 0.4) is 0 Å². The van der Waals surface area contributed by atoms with E-state index in [1.54, 1.807) is 48.5 Å². The normalized spacial score (nSPS) is 10.1. The van der Waals surface area contributed by atoms with Gasteiger partial charge in [0.05, 0.1) is 6.42 Å². The van der Waals surface area contributed by atoms with E-state index in [0.29, 0.717) is 22.8 Å². The van der Waals surface area contributed by atoms with Crippen LogP contribution in [0.5, 0.6) is 17.2 Å². The maximum Gasteiger partial charge on any atom is 0.307 e. The Bertz CT molecular complexity index is 1330. The average Bonchev–Trinajstić information content (AvgIpc) is 2.84. The molecule has 4 nitrogen and oxygen atoms in total. The van der Waals surface area contributed by atoms with Gasteiger partial charge in [-0.05, 0) is 65.2 Å².